The first-order valence-electron chi connectivity index (χ1n) is 12.2. The number of methoxy groups -OCH3 is 1. The second kappa shape index (κ2) is 11.3. The van der Waals surface area contributed by atoms with E-state index < -0.39 is 0 Å². The van der Waals surface area contributed by atoms with Crippen LogP contribution in [0.15, 0.2) is 96.0 Å². The molecular formula is C30H36N2O. The first kappa shape index (κ1) is 23.3. The van der Waals surface area contributed by atoms with Gasteiger partial charge in [-0.15, -0.1) is 0 Å². The standard InChI is InChI=1S/C30H36N2O/c1-23(2)28(22-33-3)31-30(26-17-11-6-12-18-26)32-21-27(24-13-7-4-8-14-24)19-20-29(32)25-15-9-5-10-16-25/h4-18,23,27-29H,19-22H2,1-3H3/t27-,28+,29-/m0/s1. The third-order valence-electron chi connectivity index (χ3n) is 6.74. The average molecular weight is 441 g/mol. The van der Waals surface area contributed by atoms with E-state index in [0.29, 0.717) is 24.5 Å². The summed E-state index contributed by atoms with van der Waals surface area (Å²) in [4.78, 5) is 7.95. The van der Waals surface area contributed by atoms with Crippen molar-refractivity contribution in [3.05, 3.63) is 108 Å². The van der Waals surface area contributed by atoms with Crippen molar-refractivity contribution in [2.75, 3.05) is 20.3 Å². The number of likely N-dealkylation sites (tertiary alicyclic amines) is 1. The zero-order valence-electron chi connectivity index (χ0n) is 20.1. The molecule has 0 N–H and O–H groups in total. The van der Waals surface area contributed by atoms with Crippen LogP contribution in [0.5, 0.6) is 0 Å². The van der Waals surface area contributed by atoms with Crippen molar-refractivity contribution in [1.29, 1.82) is 0 Å². The Labute approximate surface area is 199 Å². The van der Waals surface area contributed by atoms with E-state index in [-0.39, 0.29) is 6.04 Å². The topological polar surface area (TPSA) is 24.8 Å². The number of rotatable bonds is 7. The minimum atomic E-state index is 0.110. The van der Waals surface area contributed by atoms with Gasteiger partial charge < -0.3 is 9.64 Å². The largest absolute Gasteiger partial charge is 0.382 e. The number of ether oxygens (including phenoxy) is 1. The quantitative estimate of drug-likeness (QED) is 0.301. The number of hydrogen-bond donors (Lipinski definition) is 0. The molecule has 1 aliphatic heterocycles. The summed E-state index contributed by atoms with van der Waals surface area (Å²) in [5.41, 5.74) is 3.95. The minimum Gasteiger partial charge on any atom is -0.382 e. The molecule has 172 valence electrons. The van der Waals surface area contributed by atoms with Crippen LogP contribution in [0, 0.1) is 5.92 Å². The molecule has 3 heteroatoms. The van der Waals surface area contributed by atoms with Crippen LogP contribution in [0.2, 0.25) is 0 Å². The normalized spacial score (nSPS) is 20.1. The lowest BCUT2D eigenvalue weighted by molar-refractivity contribution is 0.162. The maximum absolute atomic E-state index is 5.57. The molecule has 0 spiro atoms. The van der Waals surface area contributed by atoms with Crippen LogP contribution in [-0.4, -0.2) is 37.0 Å². The molecule has 3 atom stereocenters. The Kier molecular flexibility index (Phi) is 7.96. The van der Waals surface area contributed by atoms with Gasteiger partial charge in [-0.1, -0.05) is 105 Å². The van der Waals surface area contributed by atoms with Crippen molar-refractivity contribution < 1.29 is 4.74 Å². The number of nitrogens with zero attached hydrogens (tertiary/aromatic N) is 2. The van der Waals surface area contributed by atoms with Crippen LogP contribution in [-0.2, 0) is 4.74 Å². The van der Waals surface area contributed by atoms with Gasteiger partial charge in [0.25, 0.3) is 0 Å². The van der Waals surface area contributed by atoms with Crippen LogP contribution in [0.3, 0.4) is 0 Å². The zero-order chi connectivity index (χ0) is 23.0. The van der Waals surface area contributed by atoms with E-state index in [1.54, 1.807) is 7.11 Å². The molecule has 0 unspecified atom stereocenters. The number of piperidine rings is 1. The number of aliphatic imine (C=N–C) groups is 1. The molecule has 1 fully saturated rings. The minimum absolute atomic E-state index is 0.110. The maximum Gasteiger partial charge on any atom is 0.131 e. The van der Waals surface area contributed by atoms with Crippen LogP contribution in [0.1, 0.15) is 55.3 Å². The van der Waals surface area contributed by atoms with Gasteiger partial charge >= 0.3 is 0 Å². The van der Waals surface area contributed by atoms with Crippen molar-refractivity contribution >= 4 is 5.84 Å². The van der Waals surface area contributed by atoms with Gasteiger partial charge in [-0.2, -0.15) is 0 Å². The number of hydrogen-bond acceptors (Lipinski definition) is 2. The van der Waals surface area contributed by atoms with Gasteiger partial charge in [-0.05, 0) is 29.9 Å². The molecule has 1 aliphatic rings. The molecule has 3 aromatic rings. The van der Waals surface area contributed by atoms with Crippen LogP contribution in [0.4, 0.5) is 0 Å². The molecule has 3 nitrogen and oxygen atoms in total. The summed E-state index contributed by atoms with van der Waals surface area (Å²) in [5.74, 6) is 1.97. The van der Waals surface area contributed by atoms with E-state index in [2.05, 4.69) is 110 Å². The summed E-state index contributed by atoms with van der Waals surface area (Å²) in [6.07, 6.45) is 2.28. The lowest BCUT2D eigenvalue weighted by Crippen LogP contribution is -2.43. The third kappa shape index (κ3) is 5.72. The summed E-state index contributed by atoms with van der Waals surface area (Å²) < 4.78 is 5.57. The van der Waals surface area contributed by atoms with Crippen molar-refractivity contribution in [2.24, 2.45) is 10.9 Å². The molecule has 0 saturated carbocycles. The summed E-state index contributed by atoms with van der Waals surface area (Å²) in [5, 5.41) is 0. The Morgan fingerprint density at radius 3 is 2.00 bits per heavy atom. The molecule has 3 aromatic carbocycles. The fraction of sp³-hybridized carbons (Fsp3) is 0.367. The lowest BCUT2D eigenvalue weighted by Gasteiger charge is -2.43. The molecule has 0 bridgehead atoms. The molecule has 0 amide bonds. The van der Waals surface area contributed by atoms with Crippen LogP contribution >= 0.6 is 0 Å². The first-order valence-corrected chi connectivity index (χ1v) is 12.2. The predicted molar refractivity (Wildman–Crippen MR) is 138 cm³/mol. The lowest BCUT2D eigenvalue weighted by atomic mass is 9.84. The Hall–Kier alpha value is -2.91. The molecule has 0 radical (unpaired) electrons. The van der Waals surface area contributed by atoms with E-state index in [1.165, 1.54) is 23.1 Å². The summed E-state index contributed by atoms with van der Waals surface area (Å²) in [6.45, 7) is 6.04. The highest BCUT2D eigenvalue weighted by molar-refractivity contribution is 5.99. The molecule has 33 heavy (non-hydrogen) atoms. The van der Waals surface area contributed by atoms with Crippen molar-refractivity contribution in [3.63, 3.8) is 0 Å². The second-order valence-corrected chi connectivity index (χ2v) is 9.35. The van der Waals surface area contributed by atoms with Crippen molar-refractivity contribution in [1.82, 2.24) is 4.90 Å². The summed E-state index contributed by atoms with van der Waals surface area (Å²) >= 11 is 0. The van der Waals surface area contributed by atoms with Crippen LogP contribution in [0.25, 0.3) is 0 Å². The predicted octanol–water partition coefficient (Wildman–Crippen LogP) is 6.73. The highest BCUT2D eigenvalue weighted by atomic mass is 16.5. The Morgan fingerprint density at radius 1 is 0.848 bits per heavy atom. The second-order valence-electron chi connectivity index (χ2n) is 9.35. The van der Waals surface area contributed by atoms with Gasteiger partial charge in [0, 0.05) is 25.1 Å². The third-order valence-corrected chi connectivity index (χ3v) is 6.74. The molecule has 1 heterocycles. The monoisotopic (exact) mass is 440 g/mol. The van der Waals surface area contributed by atoms with Gasteiger partial charge in [-0.3, -0.25) is 4.99 Å². The van der Waals surface area contributed by atoms with E-state index >= 15 is 0 Å². The van der Waals surface area contributed by atoms with Gasteiger partial charge in [0.05, 0.1) is 18.7 Å². The van der Waals surface area contributed by atoms with Gasteiger partial charge in [0.2, 0.25) is 0 Å². The highest BCUT2D eigenvalue weighted by Crippen LogP contribution is 2.39. The van der Waals surface area contributed by atoms with E-state index in [1.807, 2.05) is 0 Å². The molecule has 4 rings (SSSR count). The average Bonchev–Trinajstić information content (AvgIpc) is 2.87. The summed E-state index contributed by atoms with van der Waals surface area (Å²) in [7, 11) is 1.77. The van der Waals surface area contributed by atoms with Gasteiger partial charge in [-0.25, -0.2) is 0 Å². The van der Waals surface area contributed by atoms with Crippen molar-refractivity contribution in [3.8, 4) is 0 Å². The number of benzene rings is 3. The summed E-state index contributed by atoms with van der Waals surface area (Å²) in [6, 6.07) is 33.0. The van der Waals surface area contributed by atoms with E-state index in [4.69, 9.17) is 9.73 Å². The van der Waals surface area contributed by atoms with E-state index in [9.17, 15) is 0 Å². The van der Waals surface area contributed by atoms with Gasteiger partial charge in [0.1, 0.15) is 5.84 Å². The fourth-order valence-electron chi connectivity index (χ4n) is 4.83. The van der Waals surface area contributed by atoms with Crippen molar-refractivity contribution in [2.45, 2.75) is 44.7 Å². The highest BCUT2D eigenvalue weighted by Gasteiger charge is 2.33. The van der Waals surface area contributed by atoms with Crippen LogP contribution < -0.4 is 0 Å². The molecule has 0 aliphatic carbocycles. The molecular weight excluding hydrogens is 404 g/mol. The zero-order valence-corrected chi connectivity index (χ0v) is 20.1. The smallest absolute Gasteiger partial charge is 0.131 e. The maximum atomic E-state index is 5.57. The van der Waals surface area contributed by atoms with Gasteiger partial charge in [0.15, 0.2) is 0 Å². The molecule has 0 aromatic heterocycles. The number of amidine groups is 1. The Bertz CT molecular complexity index is 1000. The Morgan fingerprint density at radius 2 is 1.42 bits per heavy atom. The fourth-order valence-corrected chi connectivity index (χ4v) is 4.83. The molecule has 1 saturated heterocycles. The Balaban J connectivity index is 1.79. The SMILES string of the molecule is COC[C@@H](N=C(c1ccccc1)N1C[C@@H](c2ccccc2)CC[C@H]1c1ccccc1)C(C)C. The first-order chi connectivity index (χ1) is 16.2. The van der Waals surface area contributed by atoms with E-state index in [0.717, 1.165) is 18.8 Å².